The minimum absolute atomic E-state index is 0.506. The lowest BCUT2D eigenvalue weighted by atomic mass is 10.1. The highest BCUT2D eigenvalue weighted by atomic mass is 14.9. The number of nitriles is 1. The Kier molecular flexibility index (Phi) is 4.04. The van der Waals surface area contributed by atoms with E-state index >= 15 is 0 Å². The summed E-state index contributed by atoms with van der Waals surface area (Å²) in [5, 5.41) is 12.2. The largest absolute Gasteiger partial charge is 0.398 e. The van der Waals surface area contributed by atoms with E-state index in [1.54, 1.807) is 12.1 Å². The third kappa shape index (κ3) is 3.26. The van der Waals surface area contributed by atoms with Gasteiger partial charge >= 0.3 is 0 Å². The van der Waals surface area contributed by atoms with Crippen LogP contribution in [0.1, 0.15) is 23.6 Å². The van der Waals surface area contributed by atoms with Crippen LogP contribution in [0, 0.1) is 11.3 Å². The molecule has 0 unspecified atom stereocenters. The van der Waals surface area contributed by atoms with Crippen molar-refractivity contribution in [1.29, 1.82) is 5.26 Å². The maximum atomic E-state index is 8.93. The van der Waals surface area contributed by atoms with Crippen molar-refractivity contribution in [2.24, 2.45) is 0 Å². The van der Waals surface area contributed by atoms with Crippen LogP contribution in [0.4, 0.5) is 11.4 Å². The van der Waals surface area contributed by atoms with Crippen molar-refractivity contribution in [3.05, 3.63) is 59.2 Å². The number of nitrogens with two attached hydrogens (primary N) is 1. The second-order valence-electron chi connectivity index (χ2n) is 4.44. The number of benzene rings is 2. The lowest BCUT2D eigenvalue weighted by Crippen LogP contribution is -2.00. The molecule has 0 aliphatic rings. The fourth-order valence-electron chi connectivity index (χ4n) is 1.86. The monoisotopic (exact) mass is 251 g/mol. The molecular formula is C16H17N3. The molecule has 3 nitrogen and oxygen atoms in total. The van der Waals surface area contributed by atoms with Crippen LogP contribution in [-0.2, 0) is 13.0 Å². The summed E-state index contributed by atoms with van der Waals surface area (Å²) in [4.78, 5) is 0. The first-order chi connectivity index (χ1) is 9.22. The second-order valence-corrected chi connectivity index (χ2v) is 4.44. The van der Waals surface area contributed by atoms with Gasteiger partial charge in [0.25, 0.3) is 0 Å². The summed E-state index contributed by atoms with van der Waals surface area (Å²) in [5.41, 5.74) is 10.2. The van der Waals surface area contributed by atoms with Gasteiger partial charge in [-0.1, -0.05) is 31.2 Å². The zero-order valence-corrected chi connectivity index (χ0v) is 11.0. The van der Waals surface area contributed by atoms with Gasteiger partial charge in [0.15, 0.2) is 0 Å². The van der Waals surface area contributed by atoms with Crippen molar-refractivity contribution in [1.82, 2.24) is 0 Å². The molecule has 0 heterocycles. The SMILES string of the molecule is CCc1ccc(CNc2ccc(N)c(C#N)c2)cc1. The highest BCUT2D eigenvalue weighted by molar-refractivity contribution is 5.61. The third-order valence-electron chi connectivity index (χ3n) is 3.10. The number of hydrogen-bond donors (Lipinski definition) is 2. The zero-order chi connectivity index (χ0) is 13.7. The molecule has 0 amide bonds. The summed E-state index contributed by atoms with van der Waals surface area (Å²) < 4.78 is 0. The maximum absolute atomic E-state index is 8.93. The minimum atomic E-state index is 0.506. The standard InChI is InChI=1S/C16H17N3/c1-2-12-3-5-13(6-4-12)11-19-15-7-8-16(18)14(9-15)10-17/h3-9,19H,2,11,18H2,1H3. The molecule has 0 saturated heterocycles. The van der Waals surface area contributed by atoms with Gasteiger partial charge in [0.2, 0.25) is 0 Å². The van der Waals surface area contributed by atoms with Gasteiger partial charge in [-0.25, -0.2) is 0 Å². The van der Waals surface area contributed by atoms with Gasteiger partial charge in [-0.2, -0.15) is 5.26 Å². The first kappa shape index (κ1) is 13.0. The minimum Gasteiger partial charge on any atom is -0.398 e. The third-order valence-corrected chi connectivity index (χ3v) is 3.10. The van der Waals surface area contributed by atoms with Gasteiger partial charge in [-0.05, 0) is 35.7 Å². The number of hydrogen-bond acceptors (Lipinski definition) is 3. The van der Waals surface area contributed by atoms with Crippen molar-refractivity contribution >= 4 is 11.4 Å². The van der Waals surface area contributed by atoms with Crippen LogP contribution in [0.3, 0.4) is 0 Å². The summed E-state index contributed by atoms with van der Waals surface area (Å²) >= 11 is 0. The van der Waals surface area contributed by atoms with Gasteiger partial charge in [-0.3, -0.25) is 0 Å². The van der Waals surface area contributed by atoms with Crippen LogP contribution < -0.4 is 11.1 Å². The molecule has 0 atom stereocenters. The zero-order valence-electron chi connectivity index (χ0n) is 11.0. The molecule has 0 saturated carbocycles. The second kappa shape index (κ2) is 5.92. The van der Waals surface area contributed by atoms with Gasteiger partial charge in [-0.15, -0.1) is 0 Å². The predicted molar refractivity (Wildman–Crippen MR) is 78.7 cm³/mol. The molecule has 3 N–H and O–H groups in total. The Morgan fingerprint density at radius 2 is 1.79 bits per heavy atom. The Labute approximate surface area is 113 Å². The molecule has 0 radical (unpaired) electrons. The molecule has 0 aromatic heterocycles. The Hall–Kier alpha value is -2.47. The van der Waals surface area contributed by atoms with E-state index in [2.05, 4.69) is 42.6 Å². The number of rotatable bonds is 4. The van der Waals surface area contributed by atoms with E-state index in [0.29, 0.717) is 11.3 Å². The molecule has 19 heavy (non-hydrogen) atoms. The van der Waals surface area contributed by atoms with E-state index in [1.165, 1.54) is 11.1 Å². The van der Waals surface area contributed by atoms with Crippen molar-refractivity contribution in [3.63, 3.8) is 0 Å². The van der Waals surface area contributed by atoms with Crippen LogP contribution in [-0.4, -0.2) is 0 Å². The quantitative estimate of drug-likeness (QED) is 0.819. The summed E-state index contributed by atoms with van der Waals surface area (Å²) in [5.74, 6) is 0. The van der Waals surface area contributed by atoms with Crippen molar-refractivity contribution in [3.8, 4) is 6.07 Å². The fraction of sp³-hybridized carbons (Fsp3) is 0.188. The Morgan fingerprint density at radius 3 is 2.42 bits per heavy atom. The number of nitrogens with one attached hydrogen (secondary N) is 1. The molecule has 0 aliphatic carbocycles. The first-order valence-corrected chi connectivity index (χ1v) is 6.34. The molecule has 0 bridgehead atoms. The molecule has 0 aliphatic heterocycles. The predicted octanol–water partition coefficient (Wildman–Crippen LogP) is 3.31. The molecule has 2 rings (SSSR count). The summed E-state index contributed by atoms with van der Waals surface area (Å²) in [6.45, 7) is 2.88. The smallest absolute Gasteiger partial charge is 0.101 e. The number of nitrogen functional groups attached to an aromatic ring is 1. The van der Waals surface area contributed by atoms with Crippen LogP contribution in [0.2, 0.25) is 0 Å². The van der Waals surface area contributed by atoms with E-state index in [0.717, 1.165) is 18.7 Å². The summed E-state index contributed by atoms with van der Waals surface area (Å²) in [7, 11) is 0. The lowest BCUT2D eigenvalue weighted by molar-refractivity contribution is 1.11. The first-order valence-electron chi connectivity index (χ1n) is 6.34. The molecule has 2 aromatic rings. The lowest BCUT2D eigenvalue weighted by Gasteiger charge is -2.08. The highest BCUT2D eigenvalue weighted by Crippen LogP contribution is 2.17. The van der Waals surface area contributed by atoms with E-state index in [4.69, 9.17) is 11.0 Å². The van der Waals surface area contributed by atoms with E-state index in [-0.39, 0.29) is 0 Å². The van der Waals surface area contributed by atoms with E-state index in [1.807, 2.05) is 6.07 Å². The molecule has 0 spiro atoms. The molecule has 3 heteroatoms. The van der Waals surface area contributed by atoms with Gasteiger partial charge in [0, 0.05) is 17.9 Å². The number of anilines is 2. The average Bonchev–Trinajstić information content (AvgIpc) is 2.47. The summed E-state index contributed by atoms with van der Waals surface area (Å²) in [6.07, 6.45) is 1.05. The van der Waals surface area contributed by atoms with Gasteiger partial charge in [0.1, 0.15) is 6.07 Å². The normalized spacial score (nSPS) is 9.89. The van der Waals surface area contributed by atoms with Crippen LogP contribution in [0.15, 0.2) is 42.5 Å². The molecule has 2 aromatic carbocycles. The average molecular weight is 251 g/mol. The van der Waals surface area contributed by atoms with Gasteiger partial charge in [0.05, 0.1) is 5.56 Å². The van der Waals surface area contributed by atoms with Crippen LogP contribution in [0.25, 0.3) is 0 Å². The van der Waals surface area contributed by atoms with Crippen LogP contribution >= 0.6 is 0 Å². The molecule has 96 valence electrons. The maximum Gasteiger partial charge on any atom is 0.101 e. The van der Waals surface area contributed by atoms with E-state index < -0.39 is 0 Å². The molecular weight excluding hydrogens is 234 g/mol. The van der Waals surface area contributed by atoms with Crippen molar-refractivity contribution < 1.29 is 0 Å². The highest BCUT2D eigenvalue weighted by Gasteiger charge is 2.00. The van der Waals surface area contributed by atoms with Gasteiger partial charge < -0.3 is 11.1 Å². The Morgan fingerprint density at radius 1 is 1.11 bits per heavy atom. The number of aryl methyl sites for hydroxylation is 1. The topological polar surface area (TPSA) is 61.8 Å². The summed E-state index contributed by atoms with van der Waals surface area (Å²) in [6, 6.07) is 16.0. The molecule has 0 fully saturated rings. The number of nitrogens with zero attached hydrogens (tertiary/aromatic N) is 1. The van der Waals surface area contributed by atoms with Crippen LogP contribution in [0.5, 0.6) is 0 Å². The Balaban J connectivity index is 2.04. The Bertz CT molecular complexity index is 594. The van der Waals surface area contributed by atoms with E-state index in [9.17, 15) is 0 Å². The fourth-order valence-corrected chi connectivity index (χ4v) is 1.86. The van der Waals surface area contributed by atoms with Crippen molar-refractivity contribution in [2.45, 2.75) is 19.9 Å². The van der Waals surface area contributed by atoms with Crippen molar-refractivity contribution in [2.75, 3.05) is 11.1 Å².